The molecule has 102 valence electrons. The van der Waals surface area contributed by atoms with Crippen LogP contribution in [0.2, 0.25) is 0 Å². The maximum atomic E-state index is 8.99. The summed E-state index contributed by atoms with van der Waals surface area (Å²) in [6.45, 7) is 5.01. The van der Waals surface area contributed by atoms with Gasteiger partial charge >= 0.3 is 0 Å². The molecule has 2 heteroatoms. The van der Waals surface area contributed by atoms with Gasteiger partial charge in [0.15, 0.2) is 0 Å². The van der Waals surface area contributed by atoms with Crippen molar-refractivity contribution in [3.63, 3.8) is 0 Å². The summed E-state index contributed by atoms with van der Waals surface area (Å²) in [5, 5.41) is 8.99. The van der Waals surface area contributed by atoms with Gasteiger partial charge in [-0.15, -0.1) is 0 Å². The summed E-state index contributed by atoms with van der Waals surface area (Å²) in [5.74, 6) is 1.03. The molecule has 3 N–H and O–H groups in total. The molecule has 2 rings (SSSR count). The molecule has 0 heterocycles. The van der Waals surface area contributed by atoms with Crippen molar-refractivity contribution >= 4 is 0 Å². The quantitative estimate of drug-likeness (QED) is 0.880. The summed E-state index contributed by atoms with van der Waals surface area (Å²) in [7, 11) is 0. The van der Waals surface area contributed by atoms with E-state index >= 15 is 0 Å². The molecule has 0 amide bonds. The van der Waals surface area contributed by atoms with Gasteiger partial charge in [-0.1, -0.05) is 56.3 Å². The second kappa shape index (κ2) is 8.33. The number of phenols is 1. The second-order valence-electron chi connectivity index (χ2n) is 4.95. The number of phenolic OH excluding ortho intramolecular Hbond substituents is 1. The van der Waals surface area contributed by atoms with Crippen molar-refractivity contribution in [3.8, 4) is 5.75 Å². The molecular weight excluding hydrogens is 234 g/mol. The van der Waals surface area contributed by atoms with Crippen LogP contribution in [0.25, 0.3) is 0 Å². The number of hydrogen-bond acceptors (Lipinski definition) is 2. The smallest absolute Gasteiger partial charge is 0.115 e. The average Bonchev–Trinajstić information content (AvgIpc) is 2.42. The third kappa shape index (κ3) is 6.63. The molecule has 0 bridgehead atoms. The summed E-state index contributed by atoms with van der Waals surface area (Å²) in [5.41, 5.74) is 7.83. The van der Waals surface area contributed by atoms with Crippen molar-refractivity contribution in [1.29, 1.82) is 0 Å². The summed E-state index contributed by atoms with van der Waals surface area (Å²) >= 11 is 0. The first-order valence-corrected chi connectivity index (χ1v) is 6.63. The van der Waals surface area contributed by atoms with Crippen LogP contribution in [0.3, 0.4) is 0 Å². The van der Waals surface area contributed by atoms with Crippen LogP contribution in [0.4, 0.5) is 0 Å². The molecule has 0 atom stereocenters. The van der Waals surface area contributed by atoms with E-state index in [1.807, 2.05) is 42.5 Å². The van der Waals surface area contributed by atoms with Crippen molar-refractivity contribution in [3.05, 3.63) is 65.7 Å². The zero-order chi connectivity index (χ0) is 14.1. The minimum Gasteiger partial charge on any atom is -0.508 e. The van der Waals surface area contributed by atoms with E-state index in [1.54, 1.807) is 12.1 Å². The lowest BCUT2D eigenvalue weighted by Crippen LogP contribution is -1.94. The Labute approximate surface area is 115 Å². The Balaban J connectivity index is 0.000000200. The Bertz CT molecular complexity index is 448. The minimum atomic E-state index is 0.345. The van der Waals surface area contributed by atoms with Crippen LogP contribution in [0.15, 0.2) is 54.6 Å². The van der Waals surface area contributed by atoms with Gasteiger partial charge in [-0.25, -0.2) is 0 Å². The SMILES string of the molecule is CC(C)Cc1ccc(O)cc1.NCc1ccccc1. The molecule has 0 saturated carbocycles. The highest BCUT2D eigenvalue weighted by molar-refractivity contribution is 5.25. The van der Waals surface area contributed by atoms with E-state index in [0.717, 1.165) is 6.42 Å². The van der Waals surface area contributed by atoms with Gasteiger partial charge in [-0.05, 0) is 35.6 Å². The molecule has 2 nitrogen and oxygen atoms in total. The highest BCUT2D eigenvalue weighted by atomic mass is 16.3. The van der Waals surface area contributed by atoms with Crippen LogP contribution in [0.5, 0.6) is 5.75 Å². The molecule has 0 aromatic heterocycles. The van der Waals surface area contributed by atoms with E-state index in [-0.39, 0.29) is 0 Å². The molecule has 0 aliphatic rings. The predicted octanol–water partition coefficient (Wildman–Crippen LogP) is 3.74. The van der Waals surface area contributed by atoms with Gasteiger partial charge in [0.1, 0.15) is 5.75 Å². The molecule has 2 aromatic carbocycles. The van der Waals surface area contributed by atoms with E-state index in [4.69, 9.17) is 10.8 Å². The van der Waals surface area contributed by atoms with Gasteiger partial charge in [-0.3, -0.25) is 0 Å². The van der Waals surface area contributed by atoms with E-state index in [2.05, 4.69) is 13.8 Å². The zero-order valence-corrected chi connectivity index (χ0v) is 11.7. The molecule has 0 aliphatic carbocycles. The zero-order valence-electron chi connectivity index (χ0n) is 11.7. The highest BCUT2D eigenvalue weighted by Gasteiger charge is 1.96. The van der Waals surface area contributed by atoms with Crippen molar-refractivity contribution in [2.75, 3.05) is 0 Å². The van der Waals surface area contributed by atoms with Crippen LogP contribution in [-0.2, 0) is 13.0 Å². The van der Waals surface area contributed by atoms with Crippen LogP contribution in [0, 0.1) is 5.92 Å². The lowest BCUT2D eigenvalue weighted by atomic mass is 10.0. The van der Waals surface area contributed by atoms with E-state index in [1.165, 1.54) is 11.1 Å². The van der Waals surface area contributed by atoms with E-state index in [0.29, 0.717) is 18.2 Å². The number of hydrogen-bond donors (Lipinski definition) is 2. The van der Waals surface area contributed by atoms with Crippen LogP contribution < -0.4 is 5.73 Å². The summed E-state index contributed by atoms with van der Waals surface area (Å²) in [6, 6.07) is 17.4. The molecular formula is C17H23NO. The third-order valence-corrected chi connectivity index (χ3v) is 2.66. The average molecular weight is 257 g/mol. The Hall–Kier alpha value is -1.80. The Morgan fingerprint density at radius 3 is 1.89 bits per heavy atom. The first-order valence-electron chi connectivity index (χ1n) is 6.63. The van der Waals surface area contributed by atoms with Crippen LogP contribution in [0.1, 0.15) is 25.0 Å². The predicted molar refractivity (Wildman–Crippen MR) is 81.0 cm³/mol. The Kier molecular flexibility index (Phi) is 6.69. The van der Waals surface area contributed by atoms with Gasteiger partial charge in [0.05, 0.1) is 0 Å². The van der Waals surface area contributed by atoms with Crippen LogP contribution in [-0.4, -0.2) is 5.11 Å². The normalized spacial score (nSPS) is 9.89. The maximum absolute atomic E-state index is 8.99. The van der Waals surface area contributed by atoms with Crippen molar-refractivity contribution in [1.82, 2.24) is 0 Å². The minimum absolute atomic E-state index is 0.345. The van der Waals surface area contributed by atoms with Crippen LogP contribution >= 0.6 is 0 Å². The lowest BCUT2D eigenvalue weighted by Gasteiger charge is -2.03. The third-order valence-electron chi connectivity index (χ3n) is 2.66. The Morgan fingerprint density at radius 2 is 1.47 bits per heavy atom. The van der Waals surface area contributed by atoms with Crippen molar-refractivity contribution in [2.24, 2.45) is 11.7 Å². The molecule has 0 unspecified atom stereocenters. The number of nitrogens with two attached hydrogens (primary N) is 1. The van der Waals surface area contributed by atoms with Gasteiger partial charge in [0, 0.05) is 6.54 Å². The lowest BCUT2D eigenvalue weighted by molar-refractivity contribution is 0.475. The van der Waals surface area contributed by atoms with Crippen molar-refractivity contribution < 1.29 is 5.11 Å². The topological polar surface area (TPSA) is 46.2 Å². The van der Waals surface area contributed by atoms with Crippen molar-refractivity contribution in [2.45, 2.75) is 26.8 Å². The standard InChI is InChI=1S/C10H14O.C7H9N/c1-8(2)7-9-3-5-10(11)6-4-9;8-6-7-4-2-1-3-5-7/h3-6,8,11H,7H2,1-2H3;1-5H,6,8H2. The number of rotatable bonds is 3. The van der Waals surface area contributed by atoms with E-state index in [9.17, 15) is 0 Å². The molecule has 19 heavy (non-hydrogen) atoms. The largest absolute Gasteiger partial charge is 0.508 e. The molecule has 0 radical (unpaired) electrons. The molecule has 2 aromatic rings. The molecule has 0 aliphatic heterocycles. The first kappa shape index (κ1) is 15.3. The fourth-order valence-electron chi connectivity index (χ4n) is 1.72. The highest BCUT2D eigenvalue weighted by Crippen LogP contribution is 2.12. The summed E-state index contributed by atoms with van der Waals surface area (Å²) in [4.78, 5) is 0. The summed E-state index contributed by atoms with van der Waals surface area (Å²) < 4.78 is 0. The molecule has 0 fully saturated rings. The Morgan fingerprint density at radius 1 is 0.895 bits per heavy atom. The van der Waals surface area contributed by atoms with Gasteiger partial charge in [0.25, 0.3) is 0 Å². The van der Waals surface area contributed by atoms with Gasteiger partial charge in [-0.2, -0.15) is 0 Å². The number of benzene rings is 2. The molecule has 0 spiro atoms. The van der Waals surface area contributed by atoms with Gasteiger partial charge in [0.2, 0.25) is 0 Å². The fourth-order valence-corrected chi connectivity index (χ4v) is 1.72. The molecule has 0 saturated heterocycles. The van der Waals surface area contributed by atoms with Gasteiger partial charge < -0.3 is 10.8 Å². The second-order valence-corrected chi connectivity index (χ2v) is 4.95. The van der Waals surface area contributed by atoms with E-state index < -0.39 is 0 Å². The monoisotopic (exact) mass is 257 g/mol. The first-order chi connectivity index (χ1) is 9.11. The maximum Gasteiger partial charge on any atom is 0.115 e. The summed E-state index contributed by atoms with van der Waals surface area (Å²) in [6.07, 6.45) is 1.08. The fraction of sp³-hybridized carbons (Fsp3) is 0.294. The number of aromatic hydroxyl groups is 1.